The van der Waals surface area contributed by atoms with Crippen LogP contribution in [0.25, 0.3) is 0 Å². The van der Waals surface area contributed by atoms with Gasteiger partial charge in [-0.15, -0.1) is 11.3 Å². The molecule has 0 aliphatic carbocycles. The molecule has 0 unspecified atom stereocenters. The molecule has 0 amide bonds. The van der Waals surface area contributed by atoms with E-state index in [4.69, 9.17) is 22.0 Å². The second-order valence-electron chi connectivity index (χ2n) is 3.80. The van der Waals surface area contributed by atoms with Crippen molar-refractivity contribution in [3.05, 3.63) is 45.8 Å². The first-order chi connectivity index (χ1) is 9.85. The number of anilines is 1. The summed E-state index contributed by atoms with van der Waals surface area (Å²) >= 11 is 6.56. The SMILES string of the molecule is N#Cc1ccc(S(=O)(=O)Nc2cccc(Cl)c2C(=O)O)s1. The van der Waals surface area contributed by atoms with Crippen LogP contribution in [0.4, 0.5) is 5.69 Å². The second kappa shape index (κ2) is 5.73. The van der Waals surface area contributed by atoms with Crippen LogP contribution in [0.15, 0.2) is 34.5 Å². The van der Waals surface area contributed by atoms with Crippen molar-refractivity contribution in [2.75, 3.05) is 4.72 Å². The van der Waals surface area contributed by atoms with E-state index in [2.05, 4.69) is 4.72 Å². The molecule has 1 aromatic carbocycles. The molecule has 0 saturated heterocycles. The molecule has 1 aromatic heterocycles. The number of nitrogens with one attached hydrogen (secondary N) is 1. The highest BCUT2D eigenvalue weighted by Gasteiger charge is 2.22. The minimum absolute atomic E-state index is 0.0772. The van der Waals surface area contributed by atoms with Gasteiger partial charge in [-0.05, 0) is 24.3 Å². The molecular formula is C12H7ClN2O4S2. The summed E-state index contributed by atoms with van der Waals surface area (Å²) in [6.45, 7) is 0. The Hall–Kier alpha value is -2.08. The van der Waals surface area contributed by atoms with Crippen LogP contribution in [0, 0.1) is 11.3 Å². The summed E-state index contributed by atoms with van der Waals surface area (Å²) in [6.07, 6.45) is 0. The molecule has 2 rings (SSSR count). The molecule has 21 heavy (non-hydrogen) atoms. The van der Waals surface area contributed by atoms with Gasteiger partial charge in [0, 0.05) is 0 Å². The maximum absolute atomic E-state index is 12.2. The molecule has 0 bridgehead atoms. The lowest BCUT2D eigenvalue weighted by atomic mass is 10.2. The van der Waals surface area contributed by atoms with Crippen molar-refractivity contribution in [2.24, 2.45) is 0 Å². The van der Waals surface area contributed by atoms with Gasteiger partial charge in [-0.25, -0.2) is 13.2 Å². The van der Waals surface area contributed by atoms with E-state index in [1.807, 2.05) is 6.07 Å². The third-order valence-electron chi connectivity index (χ3n) is 2.43. The number of benzene rings is 1. The molecule has 0 spiro atoms. The number of hydrogen-bond acceptors (Lipinski definition) is 5. The van der Waals surface area contributed by atoms with Crippen LogP contribution in [-0.2, 0) is 10.0 Å². The molecule has 0 aliphatic rings. The number of carbonyl (C=O) groups is 1. The summed E-state index contributed by atoms with van der Waals surface area (Å²) in [4.78, 5) is 11.4. The van der Waals surface area contributed by atoms with Crippen LogP contribution in [0.3, 0.4) is 0 Å². The number of nitriles is 1. The number of carboxylic acids is 1. The highest BCUT2D eigenvalue weighted by atomic mass is 35.5. The fourth-order valence-corrected chi connectivity index (χ4v) is 3.98. The van der Waals surface area contributed by atoms with E-state index >= 15 is 0 Å². The Bertz CT molecular complexity index is 852. The molecular weight excluding hydrogens is 336 g/mol. The Balaban J connectivity index is 2.45. The molecule has 6 nitrogen and oxygen atoms in total. The predicted molar refractivity (Wildman–Crippen MR) is 78.3 cm³/mol. The van der Waals surface area contributed by atoms with Crippen molar-refractivity contribution in [1.82, 2.24) is 0 Å². The zero-order valence-corrected chi connectivity index (χ0v) is 12.6. The maximum atomic E-state index is 12.2. The Morgan fingerprint density at radius 1 is 1.33 bits per heavy atom. The highest BCUT2D eigenvalue weighted by molar-refractivity contribution is 7.94. The van der Waals surface area contributed by atoms with Crippen molar-refractivity contribution in [3.63, 3.8) is 0 Å². The van der Waals surface area contributed by atoms with Crippen molar-refractivity contribution >= 4 is 44.6 Å². The van der Waals surface area contributed by atoms with E-state index in [0.29, 0.717) is 0 Å². The smallest absolute Gasteiger partial charge is 0.339 e. The summed E-state index contributed by atoms with van der Waals surface area (Å²) in [7, 11) is -3.98. The third-order valence-corrected chi connectivity index (χ3v) is 5.59. The van der Waals surface area contributed by atoms with Gasteiger partial charge in [0.25, 0.3) is 10.0 Å². The Labute approximate surface area is 129 Å². The van der Waals surface area contributed by atoms with Crippen molar-refractivity contribution in [3.8, 4) is 6.07 Å². The monoisotopic (exact) mass is 342 g/mol. The molecule has 108 valence electrons. The number of aromatic carboxylic acids is 1. The summed E-state index contributed by atoms with van der Waals surface area (Å²) in [6, 6.07) is 8.56. The largest absolute Gasteiger partial charge is 0.478 e. The average molecular weight is 343 g/mol. The third kappa shape index (κ3) is 3.16. The highest BCUT2D eigenvalue weighted by Crippen LogP contribution is 2.28. The van der Waals surface area contributed by atoms with Crippen molar-refractivity contribution in [2.45, 2.75) is 4.21 Å². The second-order valence-corrected chi connectivity index (χ2v) is 7.20. The molecule has 2 N–H and O–H groups in total. The zero-order valence-electron chi connectivity index (χ0n) is 10.2. The number of halogens is 1. The summed E-state index contributed by atoms with van der Waals surface area (Å²) < 4.78 is 26.4. The molecule has 0 aliphatic heterocycles. The van der Waals surface area contributed by atoms with Gasteiger partial charge < -0.3 is 5.11 Å². The van der Waals surface area contributed by atoms with Crippen LogP contribution < -0.4 is 4.72 Å². The first-order valence-corrected chi connectivity index (χ1v) is 8.07. The predicted octanol–water partition coefficient (Wildman–Crippen LogP) is 2.77. The van der Waals surface area contributed by atoms with E-state index in [1.54, 1.807) is 0 Å². The van der Waals surface area contributed by atoms with Gasteiger partial charge in [0.2, 0.25) is 0 Å². The van der Waals surface area contributed by atoms with Gasteiger partial charge in [-0.3, -0.25) is 4.72 Å². The first kappa shape index (κ1) is 15.3. The lowest BCUT2D eigenvalue weighted by Crippen LogP contribution is -2.14. The first-order valence-electron chi connectivity index (χ1n) is 5.39. The fourth-order valence-electron chi connectivity index (χ4n) is 1.55. The number of carboxylic acid groups (broad SMARTS) is 1. The van der Waals surface area contributed by atoms with Gasteiger partial charge in [0.05, 0.1) is 10.7 Å². The molecule has 0 saturated carbocycles. The molecule has 0 radical (unpaired) electrons. The van der Waals surface area contributed by atoms with Crippen LogP contribution in [0.5, 0.6) is 0 Å². The van der Waals surface area contributed by atoms with E-state index in [0.717, 1.165) is 11.3 Å². The van der Waals surface area contributed by atoms with Crippen LogP contribution in [-0.4, -0.2) is 19.5 Å². The number of sulfonamides is 1. The van der Waals surface area contributed by atoms with Crippen LogP contribution in [0.1, 0.15) is 15.2 Å². The van der Waals surface area contributed by atoms with Crippen molar-refractivity contribution in [1.29, 1.82) is 5.26 Å². The number of hydrogen-bond donors (Lipinski definition) is 2. The summed E-state index contributed by atoms with van der Waals surface area (Å²) in [5.41, 5.74) is -0.471. The number of thiophene rings is 1. The normalized spacial score (nSPS) is 10.9. The Morgan fingerprint density at radius 3 is 2.62 bits per heavy atom. The van der Waals surface area contributed by atoms with Crippen molar-refractivity contribution < 1.29 is 18.3 Å². The van der Waals surface area contributed by atoms with Gasteiger partial charge in [-0.2, -0.15) is 5.26 Å². The summed E-state index contributed by atoms with van der Waals surface area (Å²) in [5, 5.41) is 17.7. The number of rotatable bonds is 4. The van der Waals surface area contributed by atoms with E-state index in [-0.39, 0.29) is 25.4 Å². The molecule has 0 fully saturated rings. The standard InChI is InChI=1S/C12H7ClN2O4S2/c13-8-2-1-3-9(11(8)12(16)17)15-21(18,19)10-5-4-7(6-14)20-10/h1-5,15H,(H,16,17). The lowest BCUT2D eigenvalue weighted by Gasteiger charge is -2.10. The van der Waals surface area contributed by atoms with Gasteiger partial charge >= 0.3 is 5.97 Å². The van der Waals surface area contributed by atoms with E-state index in [1.165, 1.54) is 30.3 Å². The van der Waals surface area contributed by atoms with Crippen LogP contribution >= 0.6 is 22.9 Å². The fraction of sp³-hybridized carbons (Fsp3) is 0. The van der Waals surface area contributed by atoms with Gasteiger partial charge in [0.1, 0.15) is 20.7 Å². The summed E-state index contributed by atoms with van der Waals surface area (Å²) in [5.74, 6) is -1.35. The Morgan fingerprint density at radius 2 is 2.05 bits per heavy atom. The van der Waals surface area contributed by atoms with E-state index < -0.39 is 16.0 Å². The van der Waals surface area contributed by atoms with Gasteiger partial charge in [-0.1, -0.05) is 17.7 Å². The lowest BCUT2D eigenvalue weighted by molar-refractivity contribution is 0.0698. The average Bonchev–Trinajstić information content (AvgIpc) is 2.87. The minimum atomic E-state index is -3.98. The quantitative estimate of drug-likeness (QED) is 0.888. The topological polar surface area (TPSA) is 107 Å². The molecule has 9 heteroatoms. The molecule has 2 aromatic rings. The molecule has 0 atom stereocenters. The number of nitrogens with zero attached hydrogens (tertiary/aromatic N) is 1. The van der Waals surface area contributed by atoms with Crippen LogP contribution in [0.2, 0.25) is 5.02 Å². The maximum Gasteiger partial charge on any atom is 0.339 e. The minimum Gasteiger partial charge on any atom is -0.478 e. The molecule has 1 heterocycles. The Kier molecular flexibility index (Phi) is 4.18. The van der Waals surface area contributed by atoms with Gasteiger partial charge in [0.15, 0.2) is 0 Å². The van der Waals surface area contributed by atoms with E-state index in [9.17, 15) is 13.2 Å². The zero-order chi connectivity index (χ0) is 15.6.